The van der Waals surface area contributed by atoms with Crippen molar-refractivity contribution in [2.24, 2.45) is 10.7 Å². The lowest BCUT2D eigenvalue weighted by atomic mass is 10.1. The first-order chi connectivity index (χ1) is 6.35. The highest BCUT2D eigenvalue weighted by atomic mass is 16.1. The van der Waals surface area contributed by atoms with E-state index in [1.165, 1.54) is 0 Å². The predicted molar refractivity (Wildman–Crippen MR) is 58.1 cm³/mol. The fraction of sp³-hybridized carbons (Fsp3) is 0.778. The second-order valence-electron chi connectivity index (χ2n) is 4.07. The molecular formula is C9H20N4O. The minimum absolute atomic E-state index is 0.0303. The quantitative estimate of drug-likeness (QED) is 0.437. The van der Waals surface area contributed by atoms with Gasteiger partial charge in [0.25, 0.3) is 0 Å². The van der Waals surface area contributed by atoms with Gasteiger partial charge in [-0.25, -0.2) is 0 Å². The van der Waals surface area contributed by atoms with Crippen LogP contribution >= 0.6 is 0 Å². The van der Waals surface area contributed by atoms with Gasteiger partial charge in [-0.3, -0.25) is 9.79 Å². The number of carbonyl (C=O) groups excluding carboxylic acids is 1. The van der Waals surface area contributed by atoms with E-state index in [4.69, 9.17) is 5.73 Å². The Morgan fingerprint density at radius 3 is 2.43 bits per heavy atom. The number of aliphatic imine (C=N–C) groups is 1. The molecule has 5 heteroatoms. The number of rotatable bonds is 3. The van der Waals surface area contributed by atoms with E-state index in [0.29, 0.717) is 18.9 Å². The van der Waals surface area contributed by atoms with Gasteiger partial charge in [-0.15, -0.1) is 0 Å². The van der Waals surface area contributed by atoms with Crippen molar-refractivity contribution in [2.75, 3.05) is 13.6 Å². The molecule has 0 heterocycles. The van der Waals surface area contributed by atoms with Gasteiger partial charge in [0.15, 0.2) is 5.96 Å². The third-order valence-corrected chi connectivity index (χ3v) is 1.40. The molecular weight excluding hydrogens is 180 g/mol. The maximum atomic E-state index is 10.8. The number of hydrogen-bond donors (Lipinski definition) is 3. The van der Waals surface area contributed by atoms with Crippen LogP contribution in [0.2, 0.25) is 0 Å². The molecule has 4 N–H and O–H groups in total. The summed E-state index contributed by atoms with van der Waals surface area (Å²) in [4.78, 5) is 14.9. The highest BCUT2D eigenvalue weighted by molar-refractivity contribution is 5.79. The fourth-order valence-corrected chi connectivity index (χ4v) is 0.827. The normalized spacial score (nSPS) is 12.4. The average molecular weight is 200 g/mol. The Morgan fingerprint density at radius 1 is 1.43 bits per heavy atom. The molecule has 0 saturated heterocycles. The Balaban J connectivity index is 3.83. The van der Waals surface area contributed by atoms with E-state index in [-0.39, 0.29) is 11.4 Å². The lowest BCUT2D eigenvalue weighted by Crippen LogP contribution is -2.45. The topological polar surface area (TPSA) is 79.5 Å². The minimum Gasteiger partial charge on any atom is -0.370 e. The lowest BCUT2D eigenvalue weighted by molar-refractivity contribution is -0.120. The maximum absolute atomic E-state index is 10.8. The van der Waals surface area contributed by atoms with Crippen LogP contribution in [0.5, 0.6) is 0 Å². The number of hydrogen-bond acceptors (Lipinski definition) is 2. The molecule has 0 unspecified atom stereocenters. The van der Waals surface area contributed by atoms with Crippen molar-refractivity contribution in [3.63, 3.8) is 0 Å². The van der Waals surface area contributed by atoms with E-state index in [2.05, 4.69) is 15.6 Å². The summed E-state index contributed by atoms with van der Waals surface area (Å²) < 4.78 is 0. The monoisotopic (exact) mass is 200 g/mol. The Labute approximate surface area is 85.2 Å². The minimum atomic E-state index is -0.0966. The van der Waals surface area contributed by atoms with Crippen molar-refractivity contribution >= 4 is 11.9 Å². The van der Waals surface area contributed by atoms with Crippen molar-refractivity contribution in [1.29, 1.82) is 0 Å². The van der Waals surface area contributed by atoms with Gasteiger partial charge in [-0.05, 0) is 20.8 Å². The Bertz CT molecular complexity index is 217. The first kappa shape index (κ1) is 12.7. The second-order valence-corrected chi connectivity index (χ2v) is 4.07. The van der Waals surface area contributed by atoms with Crippen LogP contribution < -0.4 is 16.4 Å². The Morgan fingerprint density at radius 2 is 2.00 bits per heavy atom. The van der Waals surface area contributed by atoms with Gasteiger partial charge in [0.1, 0.15) is 0 Å². The summed E-state index contributed by atoms with van der Waals surface area (Å²) in [5, 5.41) is 5.52. The first-order valence-corrected chi connectivity index (χ1v) is 4.64. The highest BCUT2D eigenvalue weighted by Crippen LogP contribution is 1.96. The van der Waals surface area contributed by atoms with E-state index >= 15 is 0 Å². The third-order valence-electron chi connectivity index (χ3n) is 1.40. The molecule has 0 atom stereocenters. The molecule has 82 valence electrons. The average Bonchev–Trinajstić information content (AvgIpc) is 2.00. The highest BCUT2D eigenvalue weighted by Gasteiger charge is 2.09. The Kier molecular flexibility index (Phi) is 4.97. The van der Waals surface area contributed by atoms with Crippen LogP contribution in [-0.2, 0) is 4.79 Å². The van der Waals surface area contributed by atoms with Crippen LogP contribution in [0.1, 0.15) is 27.2 Å². The molecule has 0 radical (unpaired) electrons. The lowest BCUT2D eigenvalue weighted by Gasteiger charge is -2.20. The molecule has 0 fully saturated rings. The predicted octanol–water partition coefficient (Wildman–Crippen LogP) is -0.175. The summed E-state index contributed by atoms with van der Waals surface area (Å²) in [7, 11) is 1.60. The van der Waals surface area contributed by atoms with E-state index < -0.39 is 0 Å². The van der Waals surface area contributed by atoms with Gasteiger partial charge in [0, 0.05) is 19.0 Å². The standard InChI is InChI=1S/C9H20N4O/c1-9(2,3)13-8(10)12-6-5-7(14)11-4/h5-6H2,1-4H3,(H,11,14)(H3,10,12,13). The SMILES string of the molecule is CNC(=O)CCN=C(N)NC(C)(C)C. The summed E-state index contributed by atoms with van der Waals surface area (Å²) in [6, 6.07) is 0. The van der Waals surface area contributed by atoms with E-state index in [1.54, 1.807) is 7.05 Å². The summed E-state index contributed by atoms with van der Waals surface area (Å²) in [6.07, 6.45) is 0.364. The van der Waals surface area contributed by atoms with Crippen LogP contribution in [-0.4, -0.2) is 31.0 Å². The molecule has 1 amide bonds. The van der Waals surface area contributed by atoms with E-state index in [0.717, 1.165) is 0 Å². The van der Waals surface area contributed by atoms with Crippen molar-refractivity contribution in [3.8, 4) is 0 Å². The van der Waals surface area contributed by atoms with Gasteiger partial charge in [-0.1, -0.05) is 0 Å². The van der Waals surface area contributed by atoms with Crippen LogP contribution in [0, 0.1) is 0 Å². The molecule has 0 aliphatic heterocycles. The number of guanidine groups is 1. The summed E-state index contributed by atoms with van der Waals surface area (Å²) >= 11 is 0. The molecule has 0 spiro atoms. The maximum Gasteiger partial charge on any atom is 0.221 e. The molecule has 14 heavy (non-hydrogen) atoms. The van der Waals surface area contributed by atoms with Crippen molar-refractivity contribution < 1.29 is 4.79 Å². The van der Waals surface area contributed by atoms with Crippen LogP contribution in [0.4, 0.5) is 0 Å². The van der Waals surface area contributed by atoms with Crippen LogP contribution in [0.3, 0.4) is 0 Å². The second kappa shape index (κ2) is 5.47. The van der Waals surface area contributed by atoms with Crippen LogP contribution in [0.25, 0.3) is 0 Å². The number of nitrogens with one attached hydrogen (secondary N) is 2. The molecule has 0 aromatic rings. The van der Waals surface area contributed by atoms with Gasteiger partial charge in [0.2, 0.25) is 5.91 Å². The number of amides is 1. The van der Waals surface area contributed by atoms with Gasteiger partial charge in [0.05, 0.1) is 6.54 Å². The molecule has 0 aromatic carbocycles. The number of nitrogens with zero attached hydrogens (tertiary/aromatic N) is 1. The molecule has 0 aliphatic rings. The largest absolute Gasteiger partial charge is 0.370 e. The van der Waals surface area contributed by atoms with E-state index in [9.17, 15) is 4.79 Å². The van der Waals surface area contributed by atoms with Gasteiger partial charge >= 0.3 is 0 Å². The Hall–Kier alpha value is -1.26. The van der Waals surface area contributed by atoms with Gasteiger partial charge < -0.3 is 16.4 Å². The molecule has 0 saturated carbocycles. The zero-order valence-corrected chi connectivity index (χ0v) is 9.35. The molecule has 0 aromatic heterocycles. The van der Waals surface area contributed by atoms with Crippen molar-refractivity contribution in [1.82, 2.24) is 10.6 Å². The summed E-state index contributed by atoms with van der Waals surface area (Å²) in [5.74, 6) is 0.346. The summed E-state index contributed by atoms with van der Waals surface area (Å²) in [6.45, 7) is 6.39. The number of carbonyl (C=O) groups is 1. The van der Waals surface area contributed by atoms with Crippen LogP contribution in [0.15, 0.2) is 4.99 Å². The number of nitrogens with two attached hydrogens (primary N) is 1. The smallest absolute Gasteiger partial charge is 0.221 e. The zero-order chi connectivity index (χ0) is 11.2. The van der Waals surface area contributed by atoms with Gasteiger partial charge in [-0.2, -0.15) is 0 Å². The zero-order valence-electron chi connectivity index (χ0n) is 9.35. The van der Waals surface area contributed by atoms with E-state index in [1.807, 2.05) is 20.8 Å². The molecule has 0 bridgehead atoms. The fourth-order valence-electron chi connectivity index (χ4n) is 0.827. The molecule has 0 aliphatic carbocycles. The van der Waals surface area contributed by atoms with Crippen molar-refractivity contribution in [2.45, 2.75) is 32.7 Å². The van der Waals surface area contributed by atoms with Crippen molar-refractivity contribution in [3.05, 3.63) is 0 Å². The molecule has 0 rings (SSSR count). The summed E-state index contributed by atoms with van der Waals surface area (Å²) in [5.41, 5.74) is 5.50. The third kappa shape index (κ3) is 7.39. The molecule has 5 nitrogen and oxygen atoms in total. The first-order valence-electron chi connectivity index (χ1n) is 4.64.